The topological polar surface area (TPSA) is 79.3 Å². The van der Waals surface area contributed by atoms with Gasteiger partial charge in [0.15, 0.2) is 0 Å². The van der Waals surface area contributed by atoms with Crippen molar-refractivity contribution in [1.29, 1.82) is 0 Å². The van der Waals surface area contributed by atoms with E-state index in [1.807, 2.05) is 6.92 Å². The second-order valence-electron chi connectivity index (χ2n) is 5.00. The average molecular weight is 288 g/mol. The van der Waals surface area contributed by atoms with Crippen LogP contribution in [-0.2, 0) is 14.3 Å². The number of hydrogen-bond donors (Lipinski definition) is 1. The third-order valence-electron chi connectivity index (χ3n) is 3.60. The summed E-state index contributed by atoms with van der Waals surface area (Å²) in [6, 6.07) is -0.995. The first-order valence-corrected chi connectivity index (χ1v) is 6.79. The number of nitrogens with zero attached hydrogens (tertiary/aromatic N) is 2. The zero-order chi connectivity index (χ0) is 15.1. The molecular formula is C13H24N2O5. The van der Waals surface area contributed by atoms with Crippen LogP contribution in [0.1, 0.15) is 13.3 Å². The summed E-state index contributed by atoms with van der Waals surface area (Å²) in [5, 5.41) is 9.28. The van der Waals surface area contributed by atoms with Gasteiger partial charge in [0.2, 0.25) is 0 Å². The predicted octanol–water partition coefficient (Wildman–Crippen LogP) is 0.496. The molecule has 1 saturated heterocycles. The Balaban J connectivity index is 2.73. The van der Waals surface area contributed by atoms with Crippen LogP contribution in [0.3, 0.4) is 0 Å². The Labute approximate surface area is 119 Å². The monoisotopic (exact) mass is 288 g/mol. The molecule has 1 rings (SSSR count). The first-order valence-electron chi connectivity index (χ1n) is 6.79. The van der Waals surface area contributed by atoms with Crippen LogP contribution < -0.4 is 0 Å². The lowest BCUT2D eigenvalue weighted by molar-refractivity contribution is -0.142. The summed E-state index contributed by atoms with van der Waals surface area (Å²) in [6.45, 7) is 4.02. The minimum absolute atomic E-state index is 0.0249. The van der Waals surface area contributed by atoms with Crippen molar-refractivity contribution in [2.75, 3.05) is 47.1 Å². The molecule has 7 heteroatoms. The summed E-state index contributed by atoms with van der Waals surface area (Å²) in [7, 11) is 3.13. The van der Waals surface area contributed by atoms with E-state index in [4.69, 9.17) is 9.47 Å². The van der Waals surface area contributed by atoms with E-state index in [9.17, 15) is 14.7 Å². The first kappa shape index (κ1) is 16.7. The number of aliphatic carboxylic acids is 1. The summed E-state index contributed by atoms with van der Waals surface area (Å²) >= 11 is 0. The summed E-state index contributed by atoms with van der Waals surface area (Å²) in [4.78, 5) is 26.8. The summed E-state index contributed by atoms with van der Waals surface area (Å²) < 4.78 is 9.98. The highest BCUT2D eigenvalue weighted by Gasteiger charge is 2.40. The van der Waals surface area contributed by atoms with E-state index in [1.165, 1.54) is 4.90 Å². The van der Waals surface area contributed by atoms with Gasteiger partial charge in [-0.1, -0.05) is 6.92 Å². The van der Waals surface area contributed by atoms with Gasteiger partial charge in [-0.25, -0.2) is 9.59 Å². The van der Waals surface area contributed by atoms with Crippen molar-refractivity contribution in [2.45, 2.75) is 19.4 Å². The van der Waals surface area contributed by atoms with Gasteiger partial charge in [0, 0.05) is 33.9 Å². The van der Waals surface area contributed by atoms with Gasteiger partial charge in [-0.05, 0) is 12.3 Å². The van der Waals surface area contributed by atoms with Gasteiger partial charge in [-0.2, -0.15) is 0 Å². The second-order valence-corrected chi connectivity index (χ2v) is 5.00. The van der Waals surface area contributed by atoms with Gasteiger partial charge in [-0.3, -0.25) is 0 Å². The molecule has 2 amide bonds. The van der Waals surface area contributed by atoms with Crippen molar-refractivity contribution in [3.63, 3.8) is 0 Å². The zero-order valence-electron chi connectivity index (χ0n) is 12.4. The Morgan fingerprint density at radius 3 is 2.25 bits per heavy atom. The first-order chi connectivity index (χ1) is 9.52. The van der Waals surface area contributed by atoms with Gasteiger partial charge in [0.25, 0.3) is 0 Å². The molecule has 116 valence electrons. The molecule has 0 radical (unpaired) electrons. The minimum atomic E-state index is -0.943. The van der Waals surface area contributed by atoms with Crippen LogP contribution in [0.25, 0.3) is 0 Å². The van der Waals surface area contributed by atoms with Crippen LogP contribution in [0, 0.1) is 5.92 Å². The quantitative estimate of drug-likeness (QED) is 0.738. The molecule has 1 heterocycles. The number of carboxylic acid groups (broad SMARTS) is 1. The number of carbonyl (C=O) groups is 2. The molecule has 0 aromatic heterocycles. The summed E-state index contributed by atoms with van der Waals surface area (Å²) in [6.07, 6.45) is 0.713. The van der Waals surface area contributed by atoms with Gasteiger partial charge < -0.3 is 24.4 Å². The number of carboxylic acids is 1. The molecule has 0 saturated carbocycles. The maximum Gasteiger partial charge on any atom is 0.326 e. The maximum absolute atomic E-state index is 12.5. The summed E-state index contributed by atoms with van der Waals surface area (Å²) in [5.74, 6) is -0.968. The van der Waals surface area contributed by atoms with Crippen LogP contribution in [0.4, 0.5) is 4.79 Å². The second kappa shape index (κ2) is 8.06. The molecule has 20 heavy (non-hydrogen) atoms. The normalized spacial score (nSPS) is 22.1. The van der Waals surface area contributed by atoms with E-state index in [0.29, 0.717) is 39.3 Å². The zero-order valence-corrected chi connectivity index (χ0v) is 12.4. The Hall–Kier alpha value is -1.34. The van der Waals surface area contributed by atoms with Gasteiger partial charge in [-0.15, -0.1) is 0 Å². The van der Waals surface area contributed by atoms with Crippen LogP contribution in [0.15, 0.2) is 0 Å². The van der Waals surface area contributed by atoms with Crippen molar-refractivity contribution in [3.8, 4) is 0 Å². The highest BCUT2D eigenvalue weighted by molar-refractivity contribution is 5.83. The molecule has 1 aliphatic rings. The summed E-state index contributed by atoms with van der Waals surface area (Å²) in [5.41, 5.74) is 0. The van der Waals surface area contributed by atoms with E-state index in [2.05, 4.69) is 0 Å². The smallest absolute Gasteiger partial charge is 0.326 e. The fourth-order valence-electron chi connectivity index (χ4n) is 2.43. The van der Waals surface area contributed by atoms with E-state index >= 15 is 0 Å². The molecule has 0 spiro atoms. The number of amides is 2. The molecule has 0 aromatic carbocycles. The largest absolute Gasteiger partial charge is 0.480 e. The predicted molar refractivity (Wildman–Crippen MR) is 72.6 cm³/mol. The Kier molecular flexibility index (Phi) is 6.74. The molecule has 2 atom stereocenters. The van der Waals surface area contributed by atoms with Crippen LogP contribution in [0.2, 0.25) is 0 Å². The Bertz CT molecular complexity index is 329. The number of hydrogen-bond acceptors (Lipinski definition) is 4. The lowest BCUT2D eigenvalue weighted by Crippen LogP contribution is -2.50. The molecule has 0 aromatic rings. The number of methoxy groups -OCH3 is 2. The highest BCUT2D eigenvalue weighted by atomic mass is 16.5. The molecule has 1 N–H and O–H groups in total. The number of ether oxygens (including phenoxy) is 2. The van der Waals surface area contributed by atoms with Crippen molar-refractivity contribution in [1.82, 2.24) is 9.80 Å². The lowest BCUT2D eigenvalue weighted by Gasteiger charge is -2.30. The molecular weight excluding hydrogens is 264 g/mol. The molecule has 0 aliphatic carbocycles. The highest BCUT2D eigenvalue weighted by Crippen LogP contribution is 2.25. The van der Waals surface area contributed by atoms with Gasteiger partial charge >= 0.3 is 12.0 Å². The van der Waals surface area contributed by atoms with Crippen LogP contribution in [0.5, 0.6) is 0 Å². The molecule has 0 bridgehead atoms. The third-order valence-corrected chi connectivity index (χ3v) is 3.60. The van der Waals surface area contributed by atoms with E-state index in [1.54, 1.807) is 19.1 Å². The van der Waals surface area contributed by atoms with Crippen LogP contribution >= 0.6 is 0 Å². The molecule has 7 nitrogen and oxygen atoms in total. The Morgan fingerprint density at radius 1 is 1.25 bits per heavy atom. The van der Waals surface area contributed by atoms with E-state index in [-0.39, 0.29) is 11.9 Å². The number of carbonyl (C=O) groups excluding carboxylic acids is 1. The SMILES string of the molecule is COCCN(CCOC)C(=O)N1CCC(C)C1C(=O)O. The van der Waals surface area contributed by atoms with Crippen molar-refractivity contribution in [2.24, 2.45) is 5.92 Å². The van der Waals surface area contributed by atoms with Gasteiger partial charge in [0.05, 0.1) is 13.2 Å². The molecule has 1 fully saturated rings. The van der Waals surface area contributed by atoms with Crippen LogP contribution in [-0.4, -0.2) is 80.0 Å². The fraction of sp³-hybridized carbons (Fsp3) is 0.846. The Morgan fingerprint density at radius 2 is 1.80 bits per heavy atom. The lowest BCUT2D eigenvalue weighted by atomic mass is 10.0. The number of rotatable bonds is 7. The third kappa shape index (κ3) is 4.08. The average Bonchev–Trinajstić information content (AvgIpc) is 2.80. The molecule has 1 aliphatic heterocycles. The standard InChI is InChI=1S/C13H24N2O5/c1-10-4-5-15(11(10)12(16)17)13(18)14(6-8-19-2)7-9-20-3/h10-11H,4-9H2,1-3H3,(H,16,17). The van der Waals surface area contributed by atoms with Crippen molar-refractivity contribution >= 4 is 12.0 Å². The number of likely N-dealkylation sites (tertiary alicyclic amines) is 1. The maximum atomic E-state index is 12.5. The number of urea groups is 1. The van der Waals surface area contributed by atoms with Crippen molar-refractivity contribution < 1.29 is 24.2 Å². The van der Waals surface area contributed by atoms with Crippen molar-refractivity contribution in [3.05, 3.63) is 0 Å². The fourth-order valence-corrected chi connectivity index (χ4v) is 2.43. The van der Waals surface area contributed by atoms with E-state index in [0.717, 1.165) is 0 Å². The van der Waals surface area contributed by atoms with Gasteiger partial charge in [0.1, 0.15) is 6.04 Å². The van der Waals surface area contributed by atoms with E-state index < -0.39 is 12.0 Å². The molecule has 2 unspecified atom stereocenters. The minimum Gasteiger partial charge on any atom is -0.480 e.